The first-order valence-corrected chi connectivity index (χ1v) is 7.30. The molecule has 0 saturated carbocycles. The maximum atomic E-state index is 12.0. The Bertz CT molecular complexity index is 729. The van der Waals surface area contributed by atoms with E-state index in [1.807, 2.05) is 19.1 Å². The molecular weight excluding hydrogens is 308 g/mol. The highest BCUT2D eigenvalue weighted by molar-refractivity contribution is 5.91. The molecule has 0 amide bonds. The number of carbonyl (C=O) groups excluding carboxylic acids is 2. The van der Waals surface area contributed by atoms with Gasteiger partial charge in [-0.1, -0.05) is 24.3 Å². The zero-order chi connectivity index (χ0) is 17.5. The zero-order valence-corrected chi connectivity index (χ0v) is 13.6. The van der Waals surface area contributed by atoms with Crippen LogP contribution >= 0.6 is 0 Å². The molecule has 0 aliphatic heterocycles. The molecule has 0 heterocycles. The lowest BCUT2D eigenvalue weighted by Crippen LogP contribution is -2.11. The number of ether oxygens (including phenoxy) is 3. The minimum absolute atomic E-state index is 0.223. The average Bonchev–Trinajstić information content (AvgIpc) is 2.57. The first kappa shape index (κ1) is 17.3. The summed E-state index contributed by atoms with van der Waals surface area (Å²) in [7, 11) is 0. The molecule has 0 bridgehead atoms. The molecule has 0 fully saturated rings. The maximum Gasteiger partial charge on any atom is 0.343 e. The number of benzene rings is 2. The van der Waals surface area contributed by atoms with Crippen LogP contribution in [0.2, 0.25) is 0 Å². The third kappa shape index (κ3) is 4.98. The summed E-state index contributed by atoms with van der Waals surface area (Å²) in [6.45, 7) is 6.75. The average molecular weight is 326 g/mol. The molecule has 0 N–H and O–H groups in total. The van der Waals surface area contributed by atoms with Gasteiger partial charge in [-0.3, -0.25) is 0 Å². The second kappa shape index (κ2) is 7.97. The summed E-state index contributed by atoms with van der Waals surface area (Å²) in [5, 5.41) is 0. The quantitative estimate of drug-likeness (QED) is 0.351. The molecule has 24 heavy (non-hydrogen) atoms. The van der Waals surface area contributed by atoms with Gasteiger partial charge >= 0.3 is 11.9 Å². The first-order chi connectivity index (χ1) is 11.5. The summed E-state index contributed by atoms with van der Waals surface area (Å²) in [4.78, 5) is 23.3. The van der Waals surface area contributed by atoms with E-state index in [9.17, 15) is 9.59 Å². The number of carbonyl (C=O) groups is 2. The SMILES string of the molecule is C=C(C)C(=O)OCOc1ccc(C(=O)Oc2ccc(C)cc2)cc1. The van der Waals surface area contributed by atoms with E-state index >= 15 is 0 Å². The van der Waals surface area contributed by atoms with Crippen molar-refractivity contribution in [1.29, 1.82) is 0 Å². The fourth-order valence-electron chi connectivity index (χ4n) is 1.73. The van der Waals surface area contributed by atoms with Crippen LogP contribution in [-0.4, -0.2) is 18.7 Å². The van der Waals surface area contributed by atoms with Crippen LogP contribution in [0.4, 0.5) is 0 Å². The lowest BCUT2D eigenvalue weighted by atomic mass is 10.2. The van der Waals surface area contributed by atoms with Gasteiger partial charge in [0.2, 0.25) is 6.79 Å². The van der Waals surface area contributed by atoms with Crippen LogP contribution in [0, 0.1) is 6.92 Å². The number of aryl methyl sites for hydroxylation is 1. The number of rotatable bonds is 6. The molecule has 0 saturated heterocycles. The Labute approximate surface area is 140 Å². The highest BCUT2D eigenvalue weighted by Gasteiger charge is 2.09. The molecule has 2 rings (SSSR count). The highest BCUT2D eigenvalue weighted by atomic mass is 16.7. The molecule has 0 aromatic heterocycles. The molecule has 0 aliphatic carbocycles. The van der Waals surface area contributed by atoms with Crippen LogP contribution in [0.1, 0.15) is 22.8 Å². The largest absolute Gasteiger partial charge is 0.457 e. The molecule has 0 radical (unpaired) electrons. The smallest absolute Gasteiger partial charge is 0.343 e. The van der Waals surface area contributed by atoms with E-state index < -0.39 is 11.9 Å². The van der Waals surface area contributed by atoms with Gasteiger partial charge in [0.05, 0.1) is 5.56 Å². The monoisotopic (exact) mass is 326 g/mol. The Hall–Kier alpha value is -3.08. The molecule has 5 heteroatoms. The Morgan fingerprint density at radius 1 is 0.958 bits per heavy atom. The molecule has 2 aromatic rings. The van der Waals surface area contributed by atoms with Crippen molar-refractivity contribution in [3.8, 4) is 11.5 Å². The molecule has 2 aromatic carbocycles. The first-order valence-electron chi connectivity index (χ1n) is 7.30. The van der Waals surface area contributed by atoms with Crippen molar-refractivity contribution in [2.45, 2.75) is 13.8 Å². The van der Waals surface area contributed by atoms with E-state index in [1.54, 1.807) is 43.3 Å². The number of hydrogen-bond acceptors (Lipinski definition) is 5. The summed E-state index contributed by atoms with van der Waals surface area (Å²) in [6, 6.07) is 13.6. The van der Waals surface area contributed by atoms with Crippen LogP contribution in [-0.2, 0) is 9.53 Å². The van der Waals surface area contributed by atoms with Crippen molar-refractivity contribution in [3.05, 3.63) is 71.8 Å². The number of hydrogen-bond donors (Lipinski definition) is 0. The Balaban J connectivity index is 1.89. The zero-order valence-electron chi connectivity index (χ0n) is 13.6. The van der Waals surface area contributed by atoms with Gasteiger partial charge in [0.1, 0.15) is 11.5 Å². The standard InChI is InChI=1S/C19H18O5/c1-13(2)18(20)23-12-22-16-10-6-15(7-11-16)19(21)24-17-8-4-14(3)5-9-17/h4-11H,1,12H2,2-3H3. The third-order valence-electron chi connectivity index (χ3n) is 3.09. The van der Waals surface area contributed by atoms with Gasteiger partial charge in [-0.15, -0.1) is 0 Å². The van der Waals surface area contributed by atoms with Crippen LogP contribution in [0.15, 0.2) is 60.7 Å². The summed E-state index contributed by atoms with van der Waals surface area (Å²) in [6.07, 6.45) is 0. The van der Waals surface area contributed by atoms with Crippen molar-refractivity contribution >= 4 is 11.9 Å². The molecular formula is C19H18O5. The van der Waals surface area contributed by atoms with E-state index in [4.69, 9.17) is 14.2 Å². The van der Waals surface area contributed by atoms with E-state index in [0.717, 1.165) is 5.56 Å². The van der Waals surface area contributed by atoms with Crippen molar-refractivity contribution < 1.29 is 23.8 Å². The van der Waals surface area contributed by atoms with E-state index in [2.05, 4.69) is 6.58 Å². The molecule has 0 spiro atoms. The third-order valence-corrected chi connectivity index (χ3v) is 3.09. The van der Waals surface area contributed by atoms with E-state index in [0.29, 0.717) is 22.6 Å². The van der Waals surface area contributed by atoms with Crippen molar-refractivity contribution in [3.63, 3.8) is 0 Å². The van der Waals surface area contributed by atoms with Crippen LogP contribution in [0.25, 0.3) is 0 Å². The Morgan fingerprint density at radius 2 is 1.54 bits per heavy atom. The maximum absolute atomic E-state index is 12.0. The summed E-state index contributed by atoms with van der Waals surface area (Å²) >= 11 is 0. The fraction of sp³-hybridized carbons (Fsp3) is 0.158. The minimum Gasteiger partial charge on any atom is -0.457 e. The van der Waals surface area contributed by atoms with Crippen LogP contribution in [0.3, 0.4) is 0 Å². The molecule has 0 unspecified atom stereocenters. The summed E-state index contributed by atoms with van der Waals surface area (Å²) in [5.74, 6) is -0.0264. The summed E-state index contributed by atoms with van der Waals surface area (Å²) < 4.78 is 15.4. The Morgan fingerprint density at radius 3 is 2.12 bits per heavy atom. The van der Waals surface area contributed by atoms with Gasteiger partial charge in [-0.05, 0) is 50.2 Å². The lowest BCUT2D eigenvalue weighted by Gasteiger charge is -2.08. The van der Waals surface area contributed by atoms with Crippen molar-refractivity contribution in [2.24, 2.45) is 0 Å². The minimum atomic E-state index is -0.520. The topological polar surface area (TPSA) is 61.8 Å². The lowest BCUT2D eigenvalue weighted by molar-refractivity contribution is -0.145. The predicted octanol–water partition coefficient (Wildman–Crippen LogP) is 3.67. The van der Waals surface area contributed by atoms with Crippen molar-refractivity contribution in [2.75, 3.05) is 6.79 Å². The van der Waals surface area contributed by atoms with Crippen LogP contribution < -0.4 is 9.47 Å². The predicted molar refractivity (Wildman–Crippen MR) is 89.0 cm³/mol. The van der Waals surface area contributed by atoms with E-state index in [1.165, 1.54) is 0 Å². The second-order valence-corrected chi connectivity index (χ2v) is 5.20. The van der Waals surface area contributed by atoms with E-state index in [-0.39, 0.29) is 6.79 Å². The fourth-order valence-corrected chi connectivity index (χ4v) is 1.73. The molecule has 124 valence electrons. The van der Waals surface area contributed by atoms with Gasteiger partial charge in [-0.25, -0.2) is 9.59 Å². The molecule has 0 atom stereocenters. The van der Waals surface area contributed by atoms with Gasteiger partial charge in [0.25, 0.3) is 0 Å². The highest BCUT2D eigenvalue weighted by Crippen LogP contribution is 2.16. The van der Waals surface area contributed by atoms with Crippen LogP contribution in [0.5, 0.6) is 11.5 Å². The molecule has 0 aliphatic rings. The van der Waals surface area contributed by atoms with Crippen molar-refractivity contribution in [1.82, 2.24) is 0 Å². The second-order valence-electron chi connectivity index (χ2n) is 5.20. The summed E-state index contributed by atoms with van der Waals surface area (Å²) in [5.41, 5.74) is 1.78. The normalized spacial score (nSPS) is 9.92. The van der Waals surface area contributed by atoms with Gasteiger partial charge in [0.15, 0.2) is 0 Å². The number of esters is 2. The van der Waals surface area contributed by atoms with Gasteiger partial charge in [0, 0.05) is 5.57 Å². The van der Waals surface area contributed by atoms with Gasteiger partial charge < -0.3 is 14.2 Å². The van der Waals surface area contributed by atoms with Gasteiger partial charge in [-0.2, -0.15) is 0 Å². The molecule has 5 nitrogen and oxygen atoms in total. The Kier molecular flexibility index (Phi) is 5.73.